The van der Waals surface area contributed by atoms with E-state index in [0.717, 1.165) is 12.8 Å². The van der Waals surface area contributed by atoms with Crippen molar-refractivity contribution < 1.29 is 9.47 Å². The van der Waals surface area contributed by atoms with Gasteiger partial charge in [0.2, 0.25) is 0 Å². The number of rotatable bonds is 18. The van der Waals surface area contributed by atoms with Crippen LogP contribution >= 0.6 is 0 Å². The van der Waals surface area contributed by atoms with E-state index in [0.29, 0.717) is 0 Å². The molecule has 0 spiro atoms. The van der Waals surface area contributed by atoms with E-state index in [1.807, 2.05) is 0 Å². The van der Waals surface area contributed by atoms with Gasteiger partial charge in [0.05, 0.1) is 11.2 Å². The van der Waals surface area contributed by atoms with Crippen LogP contribution in [0.2, 0.25) is 0 Å². The molecule has 0 fully saturated rings. The lowest BCUT2D eigenvalue weighted by atomic mass is 10.0. The molecule has 0 aliphatic rings. The van der Waals surface area contributed by atoms with Gasteiger partial charge in [0.15, 0.2) is 0 Å². The molecule has 0 unspecified atom stereocenters. The van der Waals surface area contributed by atoms with E-state index in [2.05, 4.69) is 191 Å². The highest BCUT2D eigenvalue weighted by Gasteiger charge is 2.13. The summed E-state index contributed by atoms with van der Waals surface area (Å²) in [7, 11) is 3.50. The first kappa shape index (κ1) is 40.5. The minimum Gasteiger partial charge on any atom is -0.378 e. The molecule has 0 saturated heterocycles. The summed E-state index contributed by atoms with van der Waals surface area (Å²) < 4.78 is 10.9. The molecule has 0 atom stereocenters. The fourth-order valence-electron chi connectivity index (χ4n) is 3.38. The monoisotopic (exact) mass is 596 g/mol. The first-order chi connectivity index (χ1) is 20.7. The lowest BCUT2D eigenvalue weighted by Crippen LogP contribution is -2.20. The van der Waals surface area contributed by atoms with Crippen LogP contribution in [0.5, 0.6) is 0 Å². The fraction of sp³-hybridized carbons (Fsp3) is 0.381. The topological polar surface area (TPSA) is 18.5 Å². The smallest absolute Gasteiger partial charge is 0.0657 e. The molecule has 240 valence electrons. The molecule has 0 aromatic heterocycles. The lowest BCUT2D eigenvalue weighted by molar-refractivity contribution is 0.0252. The molecule has 0 aromatic carbocycles. The summed E-state index contributed by atoms with van der Waals surface area (Å²) in [6.07, 6.45) is 44.1. The van der Waals surface area contributed by atoms with Crippen LogP contribution in [0.15, 0.2) is 155 Å². The summed E-state index contributed by atoms with van der Waals surface area (Å²) in [5, 5.41) is 0. The van der Waals surface area contributed by atoms with E-state index in [4.69, 9.17) is 9.47 Å². The summed E-state index contributed by atoms with van der Waals surface area (Å²) in [4.78, 5) is 0. The van der Waals surface area contributed by atoms with Gasteiger partial charge in [-0.2, -0.15) is 0 Å². The third-order valence-corrected chi connectivity index (χ3v) is 6.79. The van der Waals surface area contributed by atoms with Gasteiger partial charge >= 0.3 is 0 Å². The molecule has 0 aliphatic heterocycles. The van der Waals surface area contributed by atoms with Gasteiger partial charge in [0.25, 0.3) is 0 Å². The van der Waals surface area contributed by atoms with Gasteiger partial charge in [-0.1, -0.05) is 155 Å². The van der Waals surface area contributed by atoms with Crippen molar-refractivity contribution in [2.24, 2.45) is 0 Å². The molecule has 2 nitrogen and oxygen atoms in total. The fourth-order valence-corrected chi connectivity index (χ4v) is 3.38. The summed E-state index contributed by atoms with van der Waals surface area (Å²) in [5.74, 6) is 0. The normalized spacial score (nSPS) is 16.3. The Balaban J connectivity index is 4.80. The van der Waals surface area contributed by atoms with E-state index < -0.39 is 0 Å². The van der Waals surface area contributed by atoms with Crippen molar-refractivity contribution in [2.75, 3.05) is 14.2 Å². The Morgan fingerprint density at radius 1 is 0.386 bits per heavy atom. The number of ether oxygens (including phenoxy) is 2. The molecule has 0 heterocycles. The van der Waals surface area contributed by atoms with Gasteiger partial charge in [-0.25, -0.2) is 0 Å². The van der Waals surface area contributed by atoms with Crippen LogP contribution in [-0.2, 0) is 9.47 Å². The second-order valence-corrected chi connectivity index (χ2v) is 12.4. The Morgan fingerprint density at radius 3 is 0.864 bits per heavy atom. The Bertz CT molecular complexity index is 1150. The number of hydrogen-bond acceptors (Lipinski definition) is 2. The largest absolute Gasteiger partial charge is 0.378 e. The zero-order valence-electron chi connectivity index (χ0n) is 29.8. The zero-order chi connectivity index (χ0) is 33.4. The predicted molar refractivity (Wildman–Crippen MR) is 198 cm³/mol. The third kappa shape index (κ3) is 24.0. The van der Waals surface area contributed by atoms with Crippen molar-refractivity contribution in [3.05, 3.63) is 155 Å². The number of allylic oxidation sites excluding steroid dienone is 24. The molecule has 0 aliphatic carbocycles. The molecule has 0 bridgehead atoms. The summed E-state index contributed by atoms with van der Waals surface area (Å²) in [5.41, 5.74) is 6.97. The second-order valence-electron chi connectivity index (χ2n) is 12.4. The van der Waals surface area contributed by atoms with Gasteiger partial charge in [-0.3, -0.25) is 0 Å². The first-order valence-electron chi connectivity index (χ1n) is 15.5. The van der Waals surface area contributed by atoms with E-state index in [1.54, 1.807) is 14.2 Å². The van der Waals surface area contributed by atoms with Crippen molar-refractivity contribution in [1.29, 1.82) is 0 Å². The number of methoxy groups -OCH3 is 2. The highest BCUT2D eigenvalue weighted by Crippen LogP contribution is 2.15. The van der Waals surface area contributed by atoms with Crippen LogP contribution in [0, 0.1) is 0 Å². The molecule has 0 rings (SSSR count). The van der Waals surface area contributed by atoms with E-state index in [1.165, 1.54) is 33.4 Å². The third-order valence-electron chi connectivity index (χ3n) is 6.79. The van der Waals surface area contributed by atoms with Crippen molar-refractivity contribution in [3.63, 3.8) is 0 Å². The SMILES string of the molecule is COC(C)(C)C\C=C/C(C)=C/C=C/C(C)=C/C=C/C(C)=C/C=C/C=C(C)/C=C/C=C(C)/C=C/C=C(C)/C=C\CC(C)(C)OC. The lowest BCUT2D eigenvalue weighted by Gasteiger charge is -2.20. The van der Waals surface area contributed by atoms with Gasteiger partial charge in [0, 0.05) is 14.2 Å². The maximum Gasteiger partial charge on any atom is 0.0657 e. The second kappa shape index (κ2) is 23.0. The predicted octanol–water partition coefficient (Wildman–Crippen LogP) is 12.2. The van der Waals surface area contributed by atoms with Crippen LogP contribution in [-0.4, -0.2) is 25.4 Å². The molecule has 0 N–H and O–H groups in total. The van der Waals surface area contributed by atoms with Crippen LogP contribution < -0.4 is 0 Å². The van der Waals surface area contributed by atoms with Crippen LogP contribution in [0.4, 0.5) is 0 Å². The minimum atomic E-state index is -0.123. The first-order valence-corrected chi connectivity index (χ1v) is 15.5. The maximum absolute atomic E-state index is 5.45. The molecular weight excluding hydrogens is 536 g/mol. The zero-order valence-corrected chi connectivity index (χ0v) is 29.8. The molecule has 0 amide bonds. The Morgan fingerprint density at radius 2 is 0.614 bits per heavy atom. The Labute approximate surface area is 271 Å². The molecule has 0 saturated carbocycles. The molecular formula is C42H60O2. The van der Waals surface area contributed by atoms with Crippen molar-refractivity contribution in [2.45, 2.75) is 93.3 Å². The average molecular weight is 597 g/mol. The molecule has 0 aromatic rings. The van der Waals surface area contributed by atoms with Crippen molar-refractivity contribution >= 4 is 0 Å². The van der Waals surface area contributed by atoms with Crippen LogP contribution in [0.25, 0.3) is 0 Å². The summed E-state index contributed by atoms with van der Waals surface area (Å²) in [6.45, 7) is 21.0. The molecule has 2 heteroatoms. The van der Waals surface area contributed by atoms with E-state index in [9.17, 15) is 0 Å². The van der Waals surface area contributed by atoms with Gasteiger partial charge in [-0.05, 0) is 82.1 Å². The van der Waals surface area contributed by atoms with Crippen LogP contribution in [0.1, 0.15) is 82.1 Å². The summed E-state index contributed by atoms with van der Waals surface area (Å²) >= 11 is 0. The highest BCUT2D eigenvalue weighted by atomic mass is 16.5. The standard InChI is InChI=1S/C42H60O2/c1-35(23-15-25-37(3)27-17-29-39(5)31-19-33-41(7,8)43-11)21-13-14-22-36(2)24-16-26-38(4)28-18-30-40(6)32-20-34-42(9,10)44-12/h13-32H,33-34H2,1-12H3/b14-13+,23-15+,24-16+,27-17+,28-18+,31-19-,32-20-,35-21+,36-22+,37-25+,38-26+,39-29+,40-30+. The average Bonchev–Trinajstić information content (AvgIpc) is 2.95. The van der Waals surface area contributed by atoms with Gasteiger partial charge < -0.3 is 9.47 Å². The highest BCUT2D eigenvalue weighted by molar-refractivity contribution is 5.33. The molecule has 0 radical (unpaired) electrons. The van der Waals surface area contributed by atoms with Crippen molar-refractivity contribution in [3.8, 4) is 0 Å². The van der Waals surface area contributed by atoms with Crippen molar-refractivity contribution in [1.82, 2.24) is 0 Å². The van der Waals surface area contributed by atoms with E-state index in [-0.39, 0.29) is 11.2 Å². The molecule has 44 heavy (non-hydrogen) atoms. The maximum atomic E-state index is 5.45. The number of hydrogen-bond donors (Lipinski definition) is 0. The van der Waals surface area contributed by atoms with Gasteiger partial charge in [-0.15, -0.1) is 0 Å². The Kier molecular flexibility index (Phi) is 21.2. The van der Waals surface area contributed by atoms with E-state index >= 15 is 0 Å². The summed E-state index contributed by atoms with van der Waals surface area (Å²) in [6, 6.07) is 0. The van der Waals surface area contributed by atoms with Gasteiger partial charge in [0.1, 0.15) is 0 Å². The minimum absolute atomic E-state index is 0.123. The Hall–Kier alpha value is -3.46. The van der Waals surface area contributed by atoms with Crippen LogP contribution in [0.3, 0.4) is 0 Å². The quantitative estimate of drug-likeness (QED) is 0.147.